The third kappa shape index (κ3) is 8.11. The number of hydrogen-bond acceptors (Lipinski definition) is 4. The predicted molar refractivity (Wildman–Crippen MR) is 170 cm³/mol. The first-order valence-corrected chi connectivity index (χ1v) is 14.9. The molecule has 0 bridgehead atoms. The number of amides is 3. The molecule has 0 aliphatic rings. The van der Waals surface area contributed by atoms with Crippen LogP contribution in [0.25, 0.3) is 10.8 Å². The van der Waals surface area contributed by atoms with Crippen LogP contribution in [-0.4, -0.2) is 40.0 Å². The van der Waals surface area contributed by atoms with Crippen molar-refractivity contribution in [2.24, 2.45) is 5.92 Å². The van der Waals surface area contributed by atoms with Crippen molar-refractivity contribution >= 4 is 34.4 Å². The smallest absolute Gasteiger partial charge is 0.408 e. The summed E-state index contributed by atoms with van der Waals surface area (Å²) in [5, 5.41) is 8.00. The number of benzene rings is 3. The summed E-state index contributed by atoms with van der Waals surface area (Å²) in [6.07, 6.45) is 0.567. The number of rotatable bonds is 10. The van der Waals surface area contributed by atoms with Gasteiger partial charge in [-0.2, -0.15) is 0 Å². The summed E-state index contributed by atoms with van der Waals surface area (Å²) in [6, 6.07) is 19.6. The van der Waals surface area contributed by atoms with Crippen LogP contribution in [0.15, 0.2) is 66.7 Å². The van der Waals surface area contributed by atoms with E-state index >= 15 is 0 Å². The molecule has 3 rings (SSSR count). The van der Waals surface area contributed by atoms with E-state index in [0.29, 0.717) is 24.1 Å². The average molecular weight is 574 g/mol. The van der Waals surface area contributed by atoms with Crippen molar-refractivity contribution in [3.05, 3.63) is 77.9 Å². The second kappa shape index (κ2) is 13.4. The fourth-order valence-corrected chi connectivity index (χ4v) is 4.86. The summed E-state index contributed by atoms with van der Waals surface area (Å²) in [4.78, 5) is 43.5. The summed E-state index contributed by atoms with van der Waals surface area (Å²) in [5.41, 5.74) is 0.926. The number of carbonyl (C=O) groups is 3. The lowest BCUT2D eigenvalue weighted by molar-refractivity contribution is -0.148. The highest BCUT2D eigenvalue weighted by atomic mass is 16.6. The molecule has 0 aromatic heterocycles. The van der Waals surface area contributed by atoms with Gasteiger partial charge in [-0.05, 0) is 82.3 Å². The Morgan fingerprint density at radius 3 is 2.07 bits per heavy atom. The van der Waals surface area contributed by atoms with Crippen LogP contribution >= 0.6 is 0 Å². The van der Waals surface area contributed by atoms with E-state index in [4.69, 9.17) is 4.74 Å². The summed E-state index contributed by atoms with van der Waals surface area (Å²) in [7, 11) is 0. The number of nitrogens with one attached hydrogen (secondary N) is 2. The molecule has 0 aliphatic carbocycles. The third-order valence-corrected chi connectivity index (χ3v) is 7.82. The standard InChI is InChI=1S/C35H47N3O4/c1-10-24(4)29(37-33(41)42-34(5,6)7)32(40)38(35(8,9)11-2)30(26-18-16-23(3)17-19-26)31(39)36-28-21-20-25-14-12-13-15-27(25)22-28/h12-22,24,29-30H,10-11H2,1-9H3,(H,36,39)(H,37,41). The zero-order chi connectivity index (χ0) is 31.2. The van der Waals surface area contributed by atoms with Gasteiger partial charge in [0.2, 0.25) is 5.91 Å². The van der Waals surface area contributed by atoms with E-state index in [1.807, 2.05) is 108 Å². The highest BCUT2D eigenvalue weighted by molar-refractivity contribution is 6.00. The van der Waals surface area contributed by atoms with Gasteiger partial charge in [0.05, 0.1) is 0 Å². The lowest BCUT2D eigenvalue weighted by Crippen LogP contribution is -2.60. The number of ether oxygens (including phenoxy) is 1. The molecule has 0 fully saturated rings. The fourth-order valence-electron chi connectivity index (χ4n) is 4.86. The molecule has 7 heteroatoms. The molecule has 3 aromatic carbocycles. The van der Waals surface area contributed by atoms with E-state index in [2.05, 4.69) is 10.6 Å². The van der Waals surface area contributed by atoms with Crippen LogP contribution in [-0.2, 0) is 14.3 Å². The Bertz CT molecular complexity index is 1390. The van der Waals surface area contributed by atoms with Crippen LogP contribution in [0.5, 0.6) is 0 Å². The molecular formula is C35H47N3O4. The van der Waals surface area contributed by atoms with Gasteiger partial charge in [0, 0.05) is 11.2 Å². The summed E-state index contributed by atoms with van der Waals surface area (Å²) in [6.45, 7) is 17.1. The number of hydrogen-bond donors (Lipinski definition) is 2. The van der Waals surface area contributed by atoms with Crippen LogP contribution in [0.1, 0.15) is 85.4 Å². The molecule has 0 saturated heterocycles. The summed E-state index contributed by atoms with van der Waals surface area (Å²) < 4.78 is 5.52. The third-order valence-electron chi connectivity index (χ3n) is 7.82. The second-order valence-electron chi connectivity index (χ2n) is 12.7. The number of fused-ring (bicyclic) bond motifs is 1. The molecule has 7 nitrogen and oxygen atoms in total. The lowest BCUT2D eigenvalue weighted by Gasteiger charge is -2.45. The average Bonchev–Trinajstić information content (AvgIpc) is 2.93. The molecule has 0 spiro atoms. The first kappa shape index (κ1) is 32.6. The molecule has 3 atom stereocenters. The molecule has 0 radical (unpaired) electrons. The SMILES string of the molecule is CCC(C)C(NC(=O)OC(C)(C)C)C(=O)N(C(C(=O)Nc1ccc2ccccc2c1)c1ccc(C)cc1)C(C)(C)CC. The minimum atomic E-state index is -0.952. The minimum Gasteiger partial charge on any atom is -0.444 e. The lowest BCUT2D eigenvalue weighted by atomic mass is 9.89. The Balaban J connectivity index is 2.11. The summed E-state index contributed by atoms with van der Waals surface area (Å²) >= 11 is 0. The quantitative estimate of drug-likeness (QED) is 0.259. The normalized spacial score (nSPS) is 14.0. The minimum absolute atomic E-state index is 0.206. The van der Waals surface area contributed by atoms with Crippen molar-refractivity contribution in [2.45, 2.75) is 98.4 Å². The maximum absolute atomic E-state index is 14.6. The van der Waals surface area contributed by atoms with Crippen molar-refractivity contribution in [1.29, 1.82) is 0 Å². The van der Waals surface area contributed by atoms with Crippen molar-refractivity contribution in [1.82, 2.24) is 10.2 Å². The van der Waals surface area contributed by atoms with E-state index < -0.39 is 29.3 Å². The largest absolute Gasteiger partial charge is 0.444 e. The molecule has 0 aliphatic heterocycles. The van der Waals surface area contributed by atoms with Gasteiger partial charge in [-0.1, -0.05) is 87.4 Å². The van der Waals surface area contributed by atoms with Gasteiger partial charge < -0.3 is 20.3 Å². The molecule has 3 unspecified atom stereocenters. The van der Waals surface area contributed by atoms with Crippen LogP contribution in [0.2, 0.25) is 0 Å². The van der Waals surface area contributed by atoms with Crippen molar-refractivity contribution < 1.29 is 19.1 Å². The number of alkyl carbamates (subject to hydrolysis) is 1. The Labute approximate surface area is 251 Å². The Kier molecular flexibility index (Phi) is 10.4. The predicted octanol–water partition coefficient (Wildman–Crippen LogP) is 7.78. The monoisotopic (exact) mass is 573 g/mol. The van der Waals surface area contributed by atoms with E-state index in [-0.39, 0.29) is 17.7 Å². The van der Waals surface area contributed by atoms with Gasteiger partial charge in [-0.15, -0.1) is 0 Å². The van der Waals surface area contributed by atoms with Gasteiger partial charge in [0.25, 0.3) is 5.91 Å². The van der Waals surface area contributed by atoms with Gasteiger partial charge in [-0.25, -0.2) is 4.79 Å². The maximum atomic E-state index is 14.6. The number of carbonyl (C=O) groups excluding carboxylic acids is 3. The highest BCUT2D eigenvalue weighted by Gasteiger charge is 2.44. The molecule has 42 heavy (non-hydrogen) atoms. The molecule has 0 saturated carbocycles. The van der Waals surface area contributed by atoms with E-state index in [0.717, 1.165) is 16.3 Å². The van der Waals surface area contributed by atoms with Gasteiger partial charge in [0.1, 0.15) is 17.7 Å². The van der Waals surface area contributed by atoms with Crippen molar-refractivity contribution in [3.63, 3.8) is 0 Å². The van der Waals surface area contributed by atoms with Crippen LogP contribution in [0, 0.1) is 12.8 Å². The maximum Gasteiger partial charge on any atom is 0.408 e. The van der Waals surface area contributed by atoms with Crippen LogP contribution in [0.4, 0.5) is 10.5 Å². The first-order valence-electron chi connectivity index (χ1n) is 14.9. The molecular weight excluding hydrogens is 526 g/mol. The van der Waals surface area contributed by atoms with E-state index in [1.165, 1.54) is 0 Å². The zero-order valence-electron chi connectivity index (χ0n) is 26.6. The van der Waals surface area contributed by atoms with Gasteiger partial charge in [0.15, 0.2) is 0 Å². The van der Waals surface area contributed by atoms with Gasteiger partial charge >= 0.3 is 6.09 Å². The molecule has 0 heterocycles. The topological polar surface area (TPSA) is 87.7 Å². The van der Waals surface area contributed by atoms with Crippen molar-refractivity contribution in [3.8, 4) is 0 Å². The number of aryl methyl sites for hydroxylation is 1. The number of nitrogens with zero attached hydrogens (tertiary/aromatic N) is 1. The van der Waals surface area contributed by atoms with E-state index in [1.54, 1.807) is 25.7 Å². The molecule has 226 valence electrons. The number of anilines is 1. The Hall–Kier alpha value is -3.87. The molecule has 3 amide bonds. The molecule has 2 N–H and O–H groups in total. The van der Waals surface area contributed by atoms with Gasteiger partial charge in [-0.3, -0.25) is 9.59 Å². The van der Waals surface area contributed by atoms with E-state index in [9.17, 15) is 14.4 Å². The zero-order valence-corrected chi connectivity index (χ0v) is 26.6. The fraction of sp³-hybridized carbons (Fsp3) is 0.457. The molecule has 3 aromatic rings. The van der Waals surface area contributed by atoms with Crippen molar-refractivity contribution in [2.75, 3.05) is 5.32 Å². The summed E-state index contributed by atoms with van der Waals surface area (Å²) in [5.74, 6) is -0.868. The second-order valence-corrected chi connectivity index (χ2v) is 12.7. The highest BCUT2D eigenvalue weighted by Crippen LogP contribution is 2.34. The van der Waals surface area contributed by atoms with Crippen LogP contribution in [0.3, 0.4) is 0 Å². The Morgan fingerprint density at radius 2 is 1.50 bits per heavy atom. The van der Waals surface area contributed by atoms with Crippen LogP contribution < -0.4 is 10.6 Å². The Morgan fingerprint density at radius 1 is 0.881 bits per heavy atom. The first-order chi connectivity index (χ1) is 19.7.